The van der Waals surface area contributed by atoms with Crippen LogP contribution < -0.4 is 0 Å². The van der Waals surface area contributed by atoms with Crippen LogP contribution in [-0.4, -0.2) is 60.9 Å². The Balaban J connectivity index is 1.35. The van der Waals surface area contributed by atoms with E-state index in [-0.39, 0.29) is 5.91 Å². The Hall–Kier alpha value is -1.43. The van der Waals surface area contributed by atoms with E-state index in [0.717, 1.165) is 45.3 Å². The molecule has 1 atom stereocenters. The molecule has 1 spiro atoms. The molecule has 0 radical (unpaired) electrons. The third-order valence-corrected chi connectivity index (χ3v) is 5.86. The van der Waals surface area contributed by atoms with Gasteiger partial charge >= 0.3 is 0 Å². The van der Waals surface area contributed by atoms with Crippen LogP contribution >= 0.6 is 0 Å². The molecule has 3 heterocycles. The van der Waals surface area contributed by atoms with E-state index in [2.05, 4.69) is 36.1 Å². The highest BCUT2D eigenvalue weighted by molar-refractivity contribution is 5.78. The number of benzene rings is 1. The van der Waals surface area contributed by atoms with Gasteiger partial charge < -0.3 is 14.4 Å². The summed E-state index contributed by atoms with van der Waals surface area (Å²) in [6, 6.07) is 9.13. The number of ether oxygens (including phenoxy) is 2. The van der Waals surface area contributed by atoms with Crippen LogP contribution in [0.25, 0.3) is 0 Å². The van der Waals surface area contributed by atoms with E-state index in [1.165, 1.54) is 11.1 Å². The zero-order valence-corrected chi connectivity index (χ0v) is 15.1. The number of amides is 1. The van der Waals surface area contributed by atoms with Crippen molar-refractivity contribution >= 4 is 5.91 Å². The molecule has 0 aromatic heterocycles. The molecule has 0 aliphatic carbocycles. The Morgan fingerprint density at radius 3 is 2.48 bits per heavy atom. The SMILES string of the molecule is Cc1ccc([C@H]2CCCN2CC(=O)N2CCC3(CC2)OCCO3)cc1. The van der Waals surface area contributed by atoms with Gasteiger partial charge in [-0.25, -0.2) is 0 Å². The predicted octanol–water partition coefficient (Wildman–Crippen LogP) is 2.50. The van der Waals surface area contributed by atoms with Gasteiger partial charge in [0.2, 0.25) is 5.91 Å². The molecule has 3 aliphatic rings. The fraction of sp³-hybridized carbons (Fsp3) is 0.650. The lowest BCUT2D eigenvalue weighted by Gasteiger charge is -2.38. The zero-order valence-electron chi connectivity index (χ0n) is 15.1. The number of piperidine rings is 1. The smallest absolute Gasteiger partial charge is 0.236 e. The number of carbonyl (C=O) groups excluding carboxylic acids is 1. The number of aryl methyl sites for hydroxylation is 1. The van der Waals surface area contributed by atoms with Crippen LogP contribution in [0.1, 0.15) is 42.9 Å². The summed E-state index contributed by atoms with van der Waals surface area (Å²) in [4.78, 5) is 17.1. The van der Waals surface area contributed by atoms with Crippen molar-refractivity contribution in [1.29, 1.82) is 0 Å². The molecule has 25 heavy (non-hydrogen) atoms. The fourth-order valence-electron chi connectivity index (χ4n) is 4.34. The van der Waals surface area contributed by atoms with E-state index < -0.39 is 5.79 Å². The standard InChI is InChI=1S/C20H28N2O3/c1-16-4-6-17(7-5-16)18-3-2-10-22(18)15-19(23)21-11-8-20(9-12-21)24-13-14-25-20/h4-7,18H,2-3,8-15H2,1H3/t18-/m1/s1. The van der Waals surface area contributed by atoms with E-state index in [1.54, 1.807) is 0 Å². The predicted molar refractivity (Wildman–Crippen MR) is 95.2 cm³/mol. The van der Waals surface area contributed by atoms with Crippen molar-refractivity contribution in [2.24, 2.45) is 0 Å². The molecular formula is C20H28N2O3. The van der Waals surface area contributed by atoms with E-state index in [9.17, 15) is 4.79 Å². The van der Waals surface area contributed by atoms with E-state index in [1.807, 2.05) is 4.90 Å². The minimum atomic E-state index is -0.408. The lowest BCUT2D eigenvalue weighted by Crippen LogP contribution is -2.49. The number of hydrogen-bond acceptors (Lipinski definition) is 4. The van der Waals surface area contributed by atoms with Gasteiger partial charge in [0, 0.05) is 32.0 Å². The van der Waals surface area contributed by atoms with Gasteiger partial charge in [0.15, 0.2) is 5.79 Å². The van der Waals surface area contributed by atoms with Gasteiger partial charge in [-0.05, 0) is 31.9 Å². The van der Waals surface area contributed by atoms with Gasteiger partial charge in [0.25, 0.3) is 0 Å². The van der Waals surface area contributed by atoms with Crippen LogP contribution in [0.2, 0.25) is 0 Å². The van der Waals surface area contributed by atoms with Crippen LogP contribution in [0.5, 0.6) is 0 Å². The monoisotopic (exact) mass is 344 g/mol. The van der Waals surface area contributed by atoms with Crippen molar-refractivity contribution in [1.82, 2.24) is 9.80 Å². The Morgan fingerprint density at radius 1 is 1.12 bits per heavy atom. The summed E-state index contributed by atoms with van der Waals surface area (Å²) >= 11 is 0. The van der Waals surface area contributed by atoms with Crippen molar-refractivity contribution in [2.45, 2.75) is 44.4 Å². The molecule has 5 nitrogen and oxygen atoms in total. The van der Waals surface area contributed by atoms with Crippen LogP contribution in [-0.2, 0) is 14.3 Å². The quantitative estimate of drug-likeness (QED) is 0.845. The largest absolute Gasteiger partial charge is 0.347 e. The molecule has 3 aliphatic heterocycles. The second-order valence-corrected chi connectivity index (χ2v) is 7.53. The molecule has 1 amide bonds. The highest BCUT2D eigenvalue weighted by Crippen LogP contribution is 2.33. The summed E-state index contributed by atoms with van der Waals surface area (Å²) < 4.78 is 11.5. The van der Waals surface area contributed by atoms with Crippen LogP contribution in [0.4, 0.5) is 0 Å². The maximum absolute atomic E-state index is 12.8. The highest BCUT2D eigenvalue weighted by Gasteiger charge is 2.41. The first-order valence-electron chi connectivity index (χ1n) is 9.52. The molecule has 3 saturated heterocycles. The molecule has 0 N–H and O–H groups in total. The Kier molecular flexibility index (Phi) is 4.80. The molecule has 0 bridgehead atoms. The van der Waals surface area contributed by atoms with Gasteiger partial charge in [0.05, 0.1) is 19.8 Å². The van der Waals surface area contributed by atoms with Crippen LogP contribution in [0.15, 0.2) is 24.3 Å². The maximum Gasteiger partial charge on any atom is 0.236 e. The average Bonchev–Trinajstić information content (AvgIpc) is 3.26. The van der Waals surface area contributed by atoms with E-state index in [0.29, 0.717) is 25.8 Å². The molecule has 5 heteroatoms. The molecular weight excluding hydrogens is 316 g/mol. The first kappa shape index (κ1) is 17.0. The van der Waals surface area contributed by atoms with Crippen molar-refractivity contribution < 1.29 is 14.3 Å². The van der Waals surface area contributed by atoms with Crippen molar-refractivity contribution in [3.8, 4) is 0 Å². The third-order valence-electron chi connectivity index (χ3n) is 5.86. The summed E-state index contributed by atoms with van der Waals surface area (Å²) in [7, 11) is 0. The first-order chi connectivity index (χ1) is 12.2. The summed E-state index contributed by atoms with van der Waals surface area (Å²) in [5.74, 6) is -0.165. The number of likely N-dealkylation sites (tertiary alicyclic amines) is 2. The van der Waals surface area contributed by atoms with Crippen molar-refractivity contribution in [3.05, 3.63) is 35.4 Å². The topological polar surface area (TPSA) is 42.0 Å². The molecule has 136 valence electrons. The van der Waals surface area contributed by atoms with Gasteiger partial charge in [-0.2, -0.15) is 0 Å². The van der Waals surface area contributed by atoms with Crippen molar-refractivity contribution in [2.75, 3.05) is 39.4 Å². The number of hydrogen-bond donors (Lipinski definition) is 0. The lowest BCUT2D eigenvalue weighted by atomic mass is 10.0. The van der Waals surface area contributed by atoms with E-state index in [4.69, 9.17) is 9.47 Å². The second kappa shape index (κ2) is 7.06. The highest BCUT2D eigenvalue weighted by atomic mass is 16.7. The Bertz CT molecular complexity index is 600. The number of carbonyl (C=O) groups is 1. The van der Waals surface area contributed by atoms with E-state index >= 15 is 0 Å². The summed E-state index contributed by atoms with van der Waals surface area (Å²) in [6.45, 7) is 6.48. The zero-order chi connectivity index (χ0) is 17.3. The molecule has 0 unspecified atom stereocenters. The van der Waals surface area contributed by atoms with Gasteiger partial charge in [-0.15, -0.1) is 0 Å². The molecule has 0 saturated carbocycles. The first-order valence-corrected chi connectivity index (χ1v) is 9.52. The summed E-state index contributed by atoms with van der Waals surface area (Å²) in [5, 5.41) is 0. The fourth-order valence-corrected chi connectivity index (χ4v) is 4.34. The minimum Gasteiger partial charge on any atom is -0.347 e. The third kappa shape index (κ3) is 3.59. The van der Waals surface area contributed by atoms with Gasteiger partial charge in [-0.1, -0.05) is 29.8 Å². The maximum atomic E-state index is 12.8. The summed E-state index contributed by atoms with van der Waals surface area (Å²) in [5.41, 5.74) is 2.62. The molecule has 3 fully saturated rings. The van der Waals surface area contributed by atoms with Gasteiger partial charge in [-0.3, -0.25) is 9.69 Å². The average molecular weight is 344 g/mol. The normalized spacial score (nSPS) is 26.4. The number of nitrogens with zero attached hydrogens (tertiary/aromatic N) is 2. The van der Waals surface area contributed by atoms with Crippen molar-refractivity contribution in [3.63, 3.8) is 0 Å². The summed E-state index contributed by atoms with van der Waals surface area (Å²) in [6.07, 6.45) is 3.89. The minimum absolute atomic E-state index is 0.242. The lowest BCUT2D eigenvalue weighted by molar-refractivity contribution is -0.187. The molecule has 1 aromatic carbocycles. The Morgan fingerprint density at radius 2 is 1.80 bits per heavy atom. The van der Waals surface area contributed by atoms with Crippen LogP contribution in [0, 0.1) is 6.92 Å². The van der Waals surface area contributed by atoms with Gasteiger partial charge in [0.1, 0.15) is 0 Å². The number of rotatable bonds is 3. The second-order valence-electron chi connectivity index (χ2n) is 7.53. The molecule has 1 aromatic rings. The molecule has 4 rings (SSSR count). The Labute approximate surface area is 149 Å². The van der Waals surface area contributed by atoms with Crippen LogP contribution in [0.3, 0.4) is 0 Å².